The van der Waals surface area contributed by atoms with Crippen LogP contribution in [0.25, 0.3) is 0 Å². The number of amides is 1. The number of carbonyl (C=O) groups excluding carboxylic acids is 1. The Morgan fingerprint density at radius 2 is 1.83 bits per heavy atom. The highest BCUT2D eigenvalue weighted by Gasteiger charge is 2.12. The summed E-state index contributed by atoms with van der Waals surface area (Å²) in [5.74, 6) is -2.16. The van der Waals surface area contributed by atoms with Gasteiger partial charge in [0, 0.05) is 25.0 Å². The summed E-state index contributed by atoms with van der Waals surface area (Å²) in [6.07, 6.45) is 3.60. The van der Waals surface area contributed by atoms with Crippen LogP contribution in [-0.2, 0) is 13.1 Å². The van der Waals surface area contributed by atoms with Gasteiger partial charge < -0.3 is 5.32 Å². The number of benzene rings is 2. The first-order valence-electron chi connectivity index (χ1n) is 7.40. The molecular weight excluding hydrogens is 312 g/mol. The zero-order valence-corrected chi connectivity index (χ0v) is 12.7. The number of aromatic nitrogens is 2. The van der Waals surface area contributed by atoms with E-state index in [-0.39, 0.29) is 12.1 Å². The monoisotopic (exact) mass is 327 g/mol. The van der Waals surface area contributed by atoms with Crippen LogP contribution in [0.4, 0.5) is 8.78 Å². The van der Waals surface area contributed by atoms with Gasteiger partial charge in [0.15, 0.2) is 0 Å². The van der Waals surface area contributed by atoms with Gasteiger partial charge in [-0.1, -0.05) is 24.3 Å². The van der Waals surface area contributed by atoms with E-state index in [1.807, 2.05) is 41.2 Å². The maximum Gasteiger partial charge on any atom is 0.254 e. The lowest BCUT2D eigenvalue weighted by Gasteiger charge is -2.08. The van der Waals surface area contributed by atoms with E-state index < -0.39 is 17.5 Å². The predicted octanol–water partition coefficient (Wildman–Crippen LogP) is 3.14. The molecule has 4 nitrogen and oxygen atoms in total. The molecule has 0 unspecified atom stereocenters. The second kappa shape index (κ2) is 7.04. The van der Waals surface area contributed by atoms with Crippen molar-refractivity contribution in [2.24, 2.45) is 0 Å². The fourth-order valence-corrected chi connectivity index (χ4v) is 2.29. The minimum Gasteiger partial charge on any atom is -0.348 e. The molecule has 1 N–H and O–H groups in total. The van der Waals surface area contributed by atoms with Crippen LogP contribution < -0.4 is 5.32 Å². The molecule has 0 aliphatic carbocycles. The second-order valence-electron chi connectivity index (χ2n) is 5.33. The van der Waals surface area contributed by atoms with Gasteiger partial charge in [0.2, 0.25) is 0 Å². The molecule has 0 saturated heterocycles. The van der Waals surface area contributed by atoms with Crippen molar-refractivity contribution >= 4 is 5.91 Å². The normalized spacial score (nSPS) is 10.6. The molecule has 3 aromatic rings. The summed E-state index contributed by atoms with van der Waals surface area (Å²) >= 11 is 0. The predicted molar refractivity (Wildman–Crippen MR) is 85.3 cm³/mol. The zero-order valence-electron chi connectivity index (χ0n) is 12.7. The van der Waals surface area contributed by atoms with Crippen molar-refractivity contribution < 1.29 is 13.6 Å². The first-order valence-corrected chi connectivity index (χ1v) is 7.40. The molecule has 0 radical (unpaired) electrons. The van der Waals surface area contributed by atoms with Crippen molar-refractivity contribution in [3.05, 3.63) is 89.2 Å². The summed E-state index contributed by atoms with van der Waals surface area (Å²) in [6, 6.07) is 12.4. The van der Waals surface area contributed by atoms with Gasteiger partial charge in [-0.15, -0.1) is 0 Å². The Kier molecular flexibility index (Phi) is 4.65. The van der Waals surface area contributed by atoms with Gasteiger partial charge in [-0.3, -0.25) is 9.48 Å². The number of hydrogen-bond donors (Lipinski definition) is 1. The topological polar surface area (TPSA) is 46.9 Å². The molecule has 0 aliphatic rings. The lowest BCUT2D eigenvalue weighted by molar-refractivity contribution is 0.0947. The molecule has 0 spiro atoms. The van der Waals surface area contributed by atoms with Crippen LogP contribution in [-0.4, -0.2) is 15.7 Å². The van der Waals surface area contributed by atoms with Crippen molar-refractivity contribution in [3.8, 4) is 0 Å². The third-order valence-electron chi connectivity index (χ3n) is 3.56. The number of rotatable bonds is 5. The Hall–Kier alpha value is -3.02. The first-order chi connectivity index (χ1) is 11.6. The summed E-state index contributed by atoms with van der Waals surface area (Å²) in [5, 5.41) is 6.76. The molecule has 0 aliphatic heterocycles. The summed E-state index contributed by atoms with van der Waals surface area (Å²) < 4.78 is 28.2. The van der Waals surface area contributed by atoms with Crippen molar-refractivity contribution in [2.45, 2.75) is 13.1 Å². The minimum atomic E-state index is -0.873. The molecule has 3 rings (SSSR count). The Morgan fingerprint density at radius 1 is 1.08 bits per heavy atom. The van der Waals surface area contributed by atoms with Crippen LogP contribution in [0, 0.1) is 11.6 Å². The molecule has 122 valence electrons. The van der Waals surface area contributed by atoms with Gasteiger partial charge in [-0.2, -0.15) is 5.10 Å². The standard InChI is InChI=1S/C18H15F2N3O/c19-15-6-7-16(17(20)10-15)18(24)21-11-13-2-4-14(5-3-13)12-23-9-1-8-22-23/h1-10H,11-12H2,(H,21,24). The molecule has 1 amide bonds. The highest BCUT2D eigenvalue weighted by atomic mass is 19.1. The van der Waals surface area contributed by atoms with E-state index >= 15 is 0 Å². The van der Waals surface area contributed by atoms with Crippen LogP contribution in [0.1, 0.15) is 21.5 Å². The van der Waals surface area contributed by atoms with Gasteiger partial charge in [0.05, 0.1) is 12.1 Å². The fraction of sp³-hybridized carbons (Fsp3) is 0.111. The Labute approximate surface area is 137 Å². The summed E-state index contributed by atoms with van der Waals surface area (Å²) in [7, 11) is 0. The van der Waals surface area contributed by atoms with Crippen molar-refractivity contribution in [2.75, 3.05) is 0 Å². The highest BCUT2D eigenvalue weighted by Crippen LogP contribution is 2.10. The molecule has 0 saturated carbocycles. The van der Waals surface area contributed by atoms with Crippen molar-refractivity contribution in [1.29, 1.82) is 0 Å². The van der Waals surface area contributed by atoms with E-state index in [1.54, 1.807) is 6.20 Å². The van der Waals surface area contributed by atoms with E-state index in [9.17, 15) is 13.6 Å². The summed E-state index contributed by atoms with van der Waals surface area (Å²) in [6.45, 7) is 0.929. The van der Waals surface area contributed by atoms with E-state index in [0.29, 0.717) is 12.6 Å². The van der Waals surface area contributed by atoms with E-state index in [2.05, 4.69) is 10.4 Å². The van der Waals surface area contributed by atoms with Crippen LogP contribution in [0.15, 0.2) is 60.9 Å². The zero-order chi connectivity index (χ0) is 16.9. The molecule has 6 heteroatoms. The van der Waals surface area contributed by atoms with Gasteiger partial charge in [0.25, 0.3) is 5.91 Å². The molecule has 0 bridgehead atoms. The third-order valence-corrected chi connectivity index (χ3v) is 3.56. The number of nitrogens with zero attached hydrogens (tertiary/aromatic N) is 2. The Bertz CT molecular complexity index is 830. The van der Waals surface area contributed by atoms with Gasteiger partial charge in [0.1, 0.15) is 11.6 Å². The van der Waals surface area contributed by atoms with Crippen LogP contribution in [0.5, 0.6) is 0 Å². The highest BCUT2D eigenvalue weighted by molar-refractivity contribution is 5.94. The minimum absolute atomic E-state index is 0.174. The summed E-state index contributed by atoms with van der Waals surface area (Å²) in [4.78, 5) is 11.9. The maximum atomic E-state index is 13.6. The van der Waals surface area contributed by atoms with Gasteiger partial charge in [-0.25, -0.2) is 8.78 Å². The molecule has 0 atom stereocenters. The van der Waals surface area contributed by atoms with Crippen LogP contribution in [0.2, 0.25) is 0 Å². The first kappa shape index (κ1) is 15.9. The molecule has 24 heavy (non-hydrogen) atoms. The van der Waals surface area contributed by atoms with Crippen molar-refractivity contribution in [3.63, 3.8) is 0 Å². The second-order valence-corrected chi connectivity index (χ2v) is 5.33. The van der Waals surface area contributed by atoms with Crippen LogP contribution in [0.3, 0.4) is 0 Å². The third kappa shape index (κ3) is 3.84. The quantitative estimate of drug-likeness (QED) is 0.782. The fourth-order valence-electron chi connectivity index (χ4n) is 2.29. The molecular formula is C18H15F2N3O. The number of carbonyl (C=O) groups is 1. The van der Waals surface area contributed by atoms with Crippen LogP contribution >= 0.6 is 0 Å². The number of hydrogen-bond acceptors (Lipinski definition) is 2. The van der Waals surface area contributed by atoms with E-state index in [1.165, 1.54) is 0 Å². The van der Waals surface area contributed by atoms with Crippen molar-refractivity contribution in [1.82, 2.24) is 15.1 Å². The molecule has 1 heterocycles. The number of nitrogens with one attached hydrogen (secondary N) is 1. The SMILES string of the molecule is O=C(NCc1ccc(Cn2cccn2)cc1)c1ccc(F)cc1F. The van der Waals surface area contributed by atoms with Gasteiger partial charge in [-0.05, 0) is 29.3 Å². The average molecular weight is 327 g/mol. The molecule has 2 aromatic carbocycles. The average Bonchev–Trinajstić information content (AvgIpc) is 3.07. The molecule has 0 fully saturated rings. The Balaban J connectivity index is 1.59. The lowest BCUT2D eigenvalue weighted by Crippen LogP contribution is -2.23. The maximum absolute atomic E-state index is 13.6. The van der Waals surface area contributed by atoms with E-state index in [0.717, 1.165) is 23.3 Å². The largest absolute Gasteiger partial charge is 0.348 e. The summed E-state index contributed by atoms with van der Waals surface area (Å²) in [5.41, 5.74) is 1.79. The lowest BCUT2D eigenvalue weighted by atomic mass is 10.1. The Morgan fingerprint density at radius 3 is 2.50 bits per heavy atom. The molecule has 1 aromatic heterocycles. The smallest absolute Gasteiger partial charge is 0.254 e. The van der Waals surface area contributed by atoms with Gasteiger partial charge >= 0.3 is 0 Å². The number of halogens is 2. The van der Waals surface area contributed by atoms with E-state index in [4.69, 9.17) is 0 Å².